The molecule has 0 amide bonds. The number of hydrogen-bond donors (Lipinski definition) is 3. The van der Waals surface area contributed by atoms with Crippen molar-refractivity contribution in [3.63, 3.8) is 0 Å². The summed E-state index contributed by atoms with van der Waals surface area (Å²) in [6.07, 6.45) is 47.1. The molecule has 3 N–H and O–H groups in total. The van der Waals surface area contributed by atoms with Crippen molar-refractivity contribution in [3.05, 3.63) is 0 Å². The molecule has 17 nitrogen and oxygen atoms in total. The van der Waals surface area contributed by atoms with Gasteiger partial charge in [-0.3, -0.25) is 37.3 Å². The van der Waals surface area contributed by atoms with Crippen LogP contribution in [-0.4, -0.2) is 96.7 Å². The molecule has 0 bridgehead atoms. The van der Waals surface area contributed by atoms with E-state index in [9.17, 15) is 43.2 Å². The summed E-state index contributed by atoms with van der Waals surface area (Å²) in [5.74, 6) is -0.610. The van der Waals surface area contributed by atoms with E-state index in [1.165, 1.54) is 173 Å². The molecule has 0 heterocycles. The van der Waals surface area contributed by atoms with Crippen molar-refractivity contribution in [2.24, 2.45) is 11.8 Å². The average molecular weight is 1310 g/mol. The van der Waals surface area contributed by atoms with Gasteiger partial charge in [0, 0.05) is 25.7 Å². The van der Waals surface area contributed by atoms with Gasteiger partial charge in [0.2, 0.25) is 0 Å². The van der Waals surface area contributed by atoms with E-state index in [0.29, 0.717) is 25.7 Å². The first-order chi connectivity index (χ1) is 42.9. The Bertz CT molecular complexity index is 1740. The highest BCUT2D eigenvalue weighted by Gasteiger charge is 2.30. The minimum atomic E-state index is -4.95. The highest BCUT2D eigenvalue weighted by molar-refractivity contribution is 7.47. The Morgan fingerprint density at radius 2 is 0.573 bits per heavy atom. The minimum absolute atomic E-state index is 0.103. The fraction of sp³-hybridized carbons (Fsp3) is 0.943. The number of phosphoric acid groups is 2. The number of esters is 4. The van der Waals surface area contributed by atoms with Crippen LogP contribution in [0, 0.1) is 11.8 Å². The van der Waals surface area contributed by atoms with Crippen molar-refractivity contribution in [3.8, 4) is 0 Å². The number of carbonyl (C=O) groups excluding carboxylic acids is 4. The lowest BCUT2D eigenvalue weighted by molar-refractivity contribution is -0.161. The van der Waals surface area contributed by atoms with Crippen LogP contribution >= 0.6 is 15.6 Å². The van der Waals surface area contributed by atoms with Crippen molar-refractivity contribution in [1.29, 1.82) is 0 Å². The van der Waals surface area contributed by atoms with Crippen molar-refractivity contribution >= 4 is 39.5 Å². The summed E-state index contributed by atoms with van der Waals surface area (Å²) in [7, 11) is -9.90. The molecule has 0 spiro atoms. The predicted octanol–water partition coefficient (Wildman–Crippen LogP) is 20.0. The van der Waals surface area contributed by atoms with Gasteiger partial charge in [-0.2, -0.15) is 0 Å². The molecule has 0 rings (SSSR count). The van der Waals surface area contributed by atoms with Crippen LogP contribution < -0.4 is 0 Å². The third-order valence-corrected chi connectivity index (χ3v) is 18.5. The maximum atomic E-state index is 13.0. The van der Waals surface area contributed by atoms with E-state index in [4.69, 9.17) is 37.0 Å². The van der Waals surface area contributed by atoms with Crippen LogP contribution in [-0.2, 0) is 65.4 Å². The number of ether oxygens (including phenoxy) is 4. The van der Waals surface area contributed by atoms with Crippen LogP contribution in [0.5, 0.6) is 0 Å². The van der Waals surface area contributed by atoms with Gasteiger partial charge >= 0.3 is 39.5 Å². The quantitative estimate of drug-likeness (QED) is 0.0222. The van der Waals surface area contributed by atoms with Crippen LogP contribution in [0.3, 0.4) is 0 Å². The second kappa shape index (κ2) is 62.2. The van der Waals surface area contributed by atoms with Gasteiger partial charge in [0.25, 0.3) is 0 Å². The van der Waals surface area contributed by atoms with Gasteiger partial charge in [0.1, 0.15) is 19.3 Å². The SMILES string of the molecule is CCCCCCCCCCCCCCC(=O)OC[C@H](COP(=O)(O)OC[C@@H](O)COP(=O)(O)OC[C@@H](COC(=O)CCCCCCCCCCCC)OC(=O)CCCCCCCCC(C)CC)OC(=O)CCCCCCCCCCCCCCCCC(C)C. The Hall–Kier alpha value is -1.94. The number of aliphatic hydroxyl groups is 1. The molecule has 0 radical (unpaired) electrons. The van der Waals surface area contributed by atoms with E-state index < -0.39 is 97.5 Å². The molecule has 0 aromatic rings. The maximum absolute atomic E-state index is 13.0. The standard InChI is InChI=1S/C70H136O17P2/c1-7-10-12-14-16-18-20-26-30-34-41-47-53-68(73)80-58-65(86-69(74)54-48-42-35-31-27-24-22-21-23-25-28-32-38-44-50-62(4)5)60-84-88(76,77)82-56-64(71)57-83-89(78,79)85-61-66(87-70(75)55-49-43-37-36-39-45-51-63(6)9-3)59-81-67(72)52-46-40-33-29-19-17-15-13-11-8-2/h62-66,71H,7-61H2,1-6H3,(H,76,77)(H,78,79)/t63?,64-,65-,66-/m1/s1. The number of rotatable bonds is 69. The number of aliphatic hydroxyl groups excluding tert-OH is 1. The normalized spacial score (nSPS) is 14.4. The lowest BCUT2D eigenvalue weighted by Gasteiger charge is -2.21. The summed E-state index contributed by atoms with van der Waals surface area (Å²) < 4.78 is 68.2. The summed E-state index contributed by atoms with van der Waals surface area (Å²) in [6, 6.07) is 0. The minimum Gasteiger partial charge on any atom is -0.462 e. The van der Waals surface area contributed by atoms with E-state index in [1.54, 1.807) is 0 Å². The van der Waals surface area contributed by atoms with Crippen molar-refractivity contribution < 1.29 is 80.2 Å². The highest BCUT2D eigenvalue weighted by Crippen LogP contribution is 2.45. The smallest absolute Gasteiger partial charge is 0.462 e. The molecule has 0 saturated carbocycles. The zero-order valence-electron chi connectivity index (χ0n) is 57.7. The fourth-order valence-electron chi connectivity index (χ4n) is 10.6. The monoisotopic (exact) mass is 1310 g/mol. The van der Waals surface area contributed by atoms with E-state index >= 15 is 0 Å². The van der Waals surface area contributed by atoms with E-state index in [1.807, 2.05) is 0 Å². The topological polar surface area (TPSA) is 237 Å². The molecule has 0 fully saturated rings. The van der Waals surface area contributed by atoms with Crippen LogP contribution in [0.4, 0.5) is 0 Å². The predicted molar refractivity (Wildman–Crippen MR) is 358 cm³/mol. The Kier molecular flexibility index (Phi) is 60.8. The first kappa shape index (κ1) is 87.1. The summed E-state index contributed by atoms with van der Waals surface area (Å²) in [5, 5.41) is 10.6. The van der Waals surface area contributed by atoms with Gasteiger partial charge in [0.15, 0.2) is 12.2 Å². The first-order valence-corrected chi connectivity index (χ1v) is 39.5. The maximum Gasteiger partial charge on any atom is 0.472 e. The Morgan fingerprint density at radius 3 is 0.854 bits per heavy atom. The second-order valence-corrected chi connectivity index (χ2v) is 28.9. The molecule has 3 unspecified atom stereocenters. The largest absolute Gasteiger partial charge is 0.472 e. The number of phosphoric ester groups is 2. The fourth-order valence-corrected chi connectivity index (χ4v) is 12.1. The zero-order valence-corrected chi connectivity index (χ0v) is 59.5. The van der Waals surface area contributed by atoms with Gasteiger partial charge in [-0.25, -0.2) is 9.13 Å². The van der Waals surface area contributed by atoms with Gasteiger partial charge in [0.05, 0.1) is 26.4 Å². The van der Waals surface area contributed by atoms with Gasteiger partial charge < -0.3 is 33.8 Å². The summed E-state index contributed by atoms with van der Waals surface area (Å²) in [6.45, 7) is 9.51. The number of unbranched alkanes of at least 4 members (excludes halogenated alkanes) is 38. The molecule has 0 aliphatic rings. The molecular weight excluding hydrogens is 1170 g/mol. The van der Waals surface area contributed by atoms with Crippen LogP contribution in [0.1, 0.15) is 356 Å². The Balaban J connectivity index is 5.23. The summed E-state index contributed by atoms with van der Waals surface area (Å²) in [5.41, 5.74) is 0. The first-order valence-electron chi connectivity index (χ1n) is 36.5. The average Bonchev–Trinajstić information content (AvgIpc) is 3.72. The summed E-state index contributed by atoms with van der Waals surface area (Å²) >= 11 is 0. The molecule has 528 valence electrons. The molecule has 19 heteroatoms. The number of hydrogen-bond acceptors (Lipinski definition) is 15. The third kappa shape index (κ3) is 63.2. The van der Waals surface area contributed by atoms with Crippen molar-refractivity contribution in [1.82, 2.24) is 0 Å². The zero-order chi connectivity index (χ0) is 65.7. The van der Waals surface area contributed by atoms with E-state index in [0.717, 1.165) is 102 Å². The molecule has 0 aromatic heterocycles. The molecule has 6 atom stereocenters. The molecule has 0 saturated heterocycles. The lowest BCUT2D eigenvalue weighted by atomic mass is 10.00. The Morgan fingerprint density at radius 1 is 0.326 bits per heavy atom. The molecule has 0 aliphatic heterocycles. The molecular formula is C70H136O17P2. The lowest BCUT2D eigenvalue weighted by Crippen LogP contribution is -2.30. The summed E-state index contributed by atoms with van der Waals surface area (Å²) in [4.78, 5) is 72.5. The van der Waals surface area contributed by atoms with Crippen LogP contribution in [0.15, 0.2) is 0 Å². The molecule has 89 heavy (non-hydrogen) atoms. The van der Waals surface area contributed by atoms with Crippen molar-refractivity contribution in [2.45, 2.75) is 374 Å². The second-order valence-electron chi connectivity index (χ2n) is 26.0. The third-order valence-electron chi connectivity index (χ3n) is 16.6. The van der Waals surface area contributed by atoms with Crippen LogP contribution in [0.25, 0.3) is 0 Å². The van der Waals surface area contributed by atoms with E-state index in [-0.39, 0.29) is 25.7 Å². The van der Waals surface area contributed by atoms with Gasteiger partial charge in [-0.05, 0) is 37.5 Å². The molecule has 0 aromatic carbocycles. The number of carbonyl (C=O) groups is 4. The van der Waals surface area contributed by atoms with Gasteiger partial charge in [-0.15, -0.1) is 0 Å². The Labute approximate surface area is 543 Å². The molecule has 0 aliphatic carbocycles. The van der Waals surface area contributed by atoms with Gasteiger partial charge in [-0.1, -0.05) is 305 Å². The van der Waals surface area contributed by atoms with E-state index in [2.05, 4.69) is 41.5 Å². The highest BCUT2D eigenvalue weighted by atomic mass is 31.2. The van der Waals surface area contributed by atoms with Crippen molar-refractivity contribution in [2.75, 3.05) is 39.6 Å². The van der Waals surface area contributed by atoms with Crippen LogP contribution in [0.2, 0.25) is 0 Å².